The van der Waals surface area contributed by atoms with Crippen molar-refractivity contribution in [2.75, 3.05) is 16.2 Å². The topological polar surface area (TPSA) is 75.7 Å². The summed E-state index contributed by atoms with van der Waals surface area (Å²) in [6.07, 6.45) is -0.228. The van der Waals surface area contributed by atoms with Gasteiger partial charge in [0.05, 0.1) is 22.8 Å². The molecule has 1 unspecified atom stereocenters. The van der Waals surface area contributed by atoms with Crippen molar-refractivity contribution in [2.45, 2.75) is 24.8 Å². The number of nitrogens with zero attached hydrogens (tertiary/aromatic N) is 1. The zero-order valence-corrected chi connectivity index (χ0v) is 14.8. The zero-order chi connectivity index (χ0) is 19.1. The highest BCUT2D eigenvalue weighted by molar-refractivity contribution is 7.92. The third-order valence-electron chi connectivity index (χ3n) is 3.85. The molecule has 0 radical (unpaired) electrons. The van der Waals surface area contributed by atoms with Crippen LogP contribution in [0.15, 0.2) is 41.3 Å². The molecule has 0 bridgehead atoms. The van der Waals surface area contributed by atoms with Crippen molar-refractivity contribution < 1.29 is 26.7 Å². The Labute approximate surface area is 149 Å². The summed E-state index contributed by atoms with van der Waals surface area (Å²) < 4.78 is 59.2. The van der Waals surface area contributed by atoms with Gasteiger partial charge in [0, 0.05) is 13.0 Å². The molecule has 1 aliphatic heterocycles. The molecule has 0 spiro atoms. The lowest BCUT2D eigenvalue weighted by molar-refractivity contribution is -0.117. The fourth-order valence-corrected chi connectivity index (χ4v) is 3.73. The molecule has 2 aromatic carbocycles. The van der Waals surface area contributed by atoms with E-state index in [1.807, 2.05) is 0 Å². The van der Waals surface area contributed by atoms with Crippen molar-refractivity contribution >= 4 is 27.3 Å². The lowest BCUT2D eigenvalue weighted by Crippen LogP contribution is -2.41. The minimum atomic E-state index is -4.07. The lowest BCUT2D eigenvalue weighted by Gasteiger charge is -2.33. The molecule has 9 heteroatoms. The molecule has 1 atom stereocenters. The summed E-state index contributed by atoms with van der Waals surface area (Å²) in [5, 5.41) is 0. The van der Waals surface area contributed by atoms with Crippen molar-refractivity contribution in [3.63, 3.8) is 0 Å². The Balaban J connectivity index is 1.97. The summed E-state index contributed by atoms with van der Waals surface area (Å²) in [4.78, 5) is 13.2. The Morgan fingerprint density at radius 1 is 1.19 bits per heavy atom. The highest BCUT2D eigenvalue weighted by atomic mass is 32.2. The van der Waals surface area contributed by atoms with Crippen LogP contribution in [0, 0.1) is 11.6 Å². The number of benzene rings is 2. The summed E-state index contributed by atoms with van der Waals surface area (Å²) in [5.74, 6) is -2.10. The van der Waals surface area contributed by atoms with Crippen molar-refractivity contribution in [3.8, 4) is 5.75 Å². The molecule has 0 aliphatic carbocycles. The van der Waals surface area contributed by atoms with Gasteiger partial charge in [-0.2, -0.15) is 0 Å². The third-order valence-corrected chi connectivity index (χ3v) is 5.23. The highest BCUT2D eigenvalue weighted by Crippen LogP contribution is 2.36. The second-order valence-electron chi connectivity index (χ2n) is 5.92. The van der Waals surface area contributed by atoms with E-state index >= 15 is 0 Å². The monoisotopic (exact) mass is 382 g/mol. The predicted octanol–water partition coefficient (Wildman–Crippen LogP) is 2.90. The first-order valence-corrected chi connectivity index (χ1v) is 9.22. The van der Waals surface area contributed by atoms with Crippen molar-refractivity contribution in [2.24, 2.45) is 0 Å². The summed E-state index contributed by atoms with van der Waals surface area (Å²) in [6, 6.07) is 6.77. The van der Waals surface area contributed by atoms with Crippen LogP contribution in [-0.4, -0.2) is 27.0 Å². The smallest absolute Gasteiger partial charge is 0.261 e. The van der Waals surface area contributed by atoms with Gasteiger partial charge < -0.3 is 9.64 Å². The molecule has 0 fully saturated rings. The summed E-state index contributed by atoms with van der Waals surface area (Å²) >= 11 is 0. The summed E-state index contributed by atoms with van der Waals surface area (Å²) in [5.41, 5.74) is 0.221. The number of ether oxygens (including phenoxy) is 1. The second kappa shape index (κ2) is 6.56. The normalized spacial score (nSPS) is 16.6. The Morgan fingerprint density at radius 2 is 1.92 bits per heavy atom. The van der Waals surface area contributed by atoms with Crippen LogP contribution in [0.2, 0.25) is 0 Å². The van der Waals surface area contributed by atoms with Crippen LogP contribution < -0.4 is 14.4 Å². The largest absolute Gasteiger partial charge is 0.487 e. The van der Waals surface area contributed by atoms with Gasteiger partial charge in [-0.15, -0.1) is 0 Å². The van der Waals surface area contributed by atoms with Gasteiger partial charge in [0.2, 0.25) is 5.91 Å². The van der Waals surface area contributed by atoms with Gasteiger partial charge in [-0.1, -0.05) is 0 Å². The lowest BCUT2D eigenvalue weighted by atomic mass is 10.2. The fourth-order valence-electron chi connectivity index (χ4n) is 2.66. The fraction of sp³-hybridized carbons (Fsp3) is 0.235. The number of hydrogen-bond acceptors (Lipinski definition) is 4. The van der Waals surface area contributed by atoms with Crippen LogP contribution in [0.3, 0.4) is 0 Å². The number of carbonyl (C=O) groups is 1. The van der Waals surface area contributed by atoms with Gasteiger partial charge in [0.1, 0.15) is 11.9 Å². The number of amides is 1. The molecule has 3 rings (SSSR count). The van der Waals surface area contributed by atoms with Crippen molar-refractivity contribution in [1.29, 1.82) is 0 Å². The maximum atomic E-state index is 13.3. The predicted molar refractivity (Wildman–Crippen MR) is 91.7 cm³/mol. The SMILES string of the molecule is CC(=O)N1CC(C)Oc2ccc(S(=O)(=O)Nc3ccc(F)c(F)c3)cc21. The summed E-state index contributed by atoms with van der Waals surface area (Å²) in [7, 11) is -4.07. The molecule has 1 N–H and O–H groups in total. The average Bonchev–Trinajstić information content (AvgIpc) is 2.56. The standard InChI is InChI=1S/C17H16F2N2O4S/c1-10-9-21(11(2)22)16-8-13(4-6-17(16)25-10)26(23,24)20-12-3-5-14(18)15(19)7-12/h3-8,10,20H,9H2,1-2H3. The number of carbonyl (C=O) groups excluding carboxylic acids is 1. The van der Waals surface area contributed by atoms with E-state index in [2.05, 4.69) is 4.72 Å². The molecule has 6 nitrogen and oxygen atoms in total. The van der Waals surface area contributed by atoms with Crippen LogP contribution in [0.4, 0.5) is 20.2 Å². The van der Waals surface area contributed by atoms with Crippen LogP contribution >= 0.6 is 0 Å². The van der Waals surface area contributed by atoms with E-state index < -0.39 is 21.7 Å². The molecule has 0 aromatic heterocycles. The van der Waals surface area contributed by atoms with E-state index in [9.17, 15) is 22.0 Å². The number of sulfonamides is 1. The maximum absolute atomic E-state index is 13.3. The molecule has 1 amide bonds. The molecule has 0 saturated carbocycles. The minimum Gasteiger partial charge on any atom is -0.487 e. The van der Waals surface area contributed by atoms with E-state index in [1.165, 1.54) is 30.0 Å². The molecule has 2 aromatic rings. The van der Waals surface area contributed by atoms with E-state index in [1.54, 1.807) is 6.92 Å². The Morgan fingerprint density at radius 3 is 2.58 bits per heavy atom. The quantitative estimate of drug-likeness (QED) is 0.886. The van der Waals surface area contributed by atoms with Gasteiger partial charge in [0.25, 0.3) is 10.0 Å². The Kier molecular flexibility index (Phi) is 4.57. The van der Waals surface area contributed by atoms with Crippen LogP contribution in [0.25, 0.3) is 0 Å². The van der Waals surface area contributed by atoms with Crippen molar-refractivity contribution in [1.82, 2.24) is 0 Å². The Hall–Kier alpha value is -2.68. The number of fused-ring (bicyclic) bond motifs is 1. The molecule has 138 valence electrons. The highest BCUT2D eigenvalue weighted by Gasteiger charge is 2.28. The van der Waals surface area contributed by atoms with Gasteiger partial charge >= 0.3 is 0 Å². The molecule has 0 saturated heterocycles. The number of anilines is 2. The number of nitrogens with one attached hydrogen (secondary N) is 1. The Bertz CT molecular complexity index is 979. The number of hydrogen-bond donors (Lipinski definition) is 1. The first-order chi connectivity index (χ1) is 12.2. The van der Waals surface area contributed by atoms with Crippen LogP contribution in [0.5, 0.6) is 5.75 Å². The summed E-state index contributed by atoms with van der Waals surface area (Å²) in [6.45, 7) is 3.47. The van der Waals surface area contributed by atoms with Gasteiger partial charge in [-0.3, -0.25) is 9.52 Å². The zero-order valence-electron chi connectivity index (χ0n) is 14.0. The maximum Gasteiger partial charge on any atom is 0.261 e. The van der Waals surface area contributed by atoms with E-state index in [4.69, 9.17) is 4.74 Å². The van der Waals surface area contributed by atoms with Gasteiger partial charge in [-0.05, 0) is 37.3 Å². The second-order valence-corrected chi connectivity index (χ2v) is 7.60. The molecule has 26 heavy (non-hydrogen) atoms. The molecular weight excluding hydrogens is 366 g/mol. The first kappa shape index (κ1) is 18.1. The van der Waals surface area contributed by atoms with Crippen molar-refractivity contribution in [3.05, 3.63) is 48.0 Å². The molecule has 1 heterocycles. The van der Waals surface area contributed by atoms with Crippen LogP contribution in [-0.2, 0) is 14.8 Å². The number of rotatable bonds is 3. The number of halogens is 2. The van der Waals surface area contributed by atoms with Crippen LogP contribution in [0.1, 0.15) is 13.8 Å². The minimum absolute atomic E-state index is 0.116. The third kappa shape index (κ3) is 3.48. The van der Waals surface area contributed by atoms with E-state index in [0.29, 0.717) is 18.0 Å². The van der Waals surface area contributed by atoms with Gasteiger partial charge in [-0.25, -0.2) is 17.2 Å². The van der Waals surface area contributed by atoms with Gasteiger partial charge in [0.15, 0.2) is 11.6 Å². The first-order valence-electron chi connectivity index (χ1n) is 7.74. The van der Waals surface area contributed by atoms with E-state index in [0.717, 1.165) is 18.2 Å². The molecule has 1 aliphatic rings. The average molecular weight is 382 g/mol. The van der Waals surface area contributed by atoms with E-state index in [-0.39, 0.29) is 22.6 Å². The molecular formula is C17H16F2N2O4S.